The fourth-order valence-corrected chi connectivity index (χ4v) is 5.16. The summed E-state index contributed by atoms with van der Waals surface area (Å²) in [6.45, 7) is 12.0. The van der Waals surface area contributed by atoms with Crippen LogP contribution in [-0.4, -0.2) is 104 Å². The lowest BCUT2D eigenvalue weighted by Crippen LogP contribution is -2.49. The van der Waals surface area contributed by atoms with Crippen molar-refractivity contribution >= 4 is 18.0 Å². The van der Waals surface area contributed by atoms with Gasteiger partial charge in [0.05, 0.1) is 31.6 Å². The van der Waals surface area contributed by atoms with E-state index in [1.807, 2.05) is 4.90 Å². The maximum Gasteiger partial charge on any atom is 0.410 e. The summed E-state index contributed by atoms with van der Waals surface area (Å²) >= 11 is 0. The summed E-state index contributed by atoms with van der Waals surface area (Å²) in [5.41, 5.74) is -0.829. The van der Waals surface area contributed by atoms with E-state index in [9.17, 15) is 14.4 Å². The van der Waals surface area contributed by atoms with Crippen LogP contribution in [-0.2, 0) is 23.8 Å². The predicted octanol–water partition coefficient (Wildman–Crippen LogP) is 1.89. The summed E-state index contributed by atoms with van der Waals surface area (Å²) in [4.78, 5) is 43.9. The Morgan fingerprint density at radius 2 is 1.66 bits per heavy atom. The van der Waals surface area contributed by atoms with Crippen molar-refractivity contribution in [1.29, 1.82) is 0 Å². The van der Waals surface area contributed by atoms with Gasteiger partial charge in [-0.1, -0.05) is 6.92 Å². The molecule has 182 valence electrons. The Morgan fingerprint density at radius 3 is 2.25 bits per heavy atom. The van der Waals surface area contributed by atoms with Crippen molar-refractivity contribution in [3.8, 4) is 0 Å². The van der Waals surface area contributed by atoms with Crippen LogP contribution < -0.4 is 0 Å². The molecule has 9 heteroatoms. The molecule has 0 aliphatic carbocycles. The minimum atomic E-state index is -0.829. The van der Waals surface area contributed by atoms with Crippen LogP contribution in [0.4, 0.5) is 4.79 Å². The first-order chi connectivity index (χ1) is 15.4. The molecule has 0 spiro atoms. The predicted molar refractivity (Wildman–Crippen MR) is 118 cm³/mol. The van der Waals surface area contributed by atoms with Crippen molar-refractivity contribution in [1.82, 2.24) is 14.7 Å². The molecule has 9 nitrogen and oxygen atoms in total. The van der Waals surface area contributed by atoms with Crippen molar-refractivity contribution in [3.63, 3.8) is 0 Å². The monoisotopic (exact) mass is 453 g/mol. The topological polar surface area (TPSA) is 88.6 Å². The maximum absolute atomic E-state index is 12.7. The fraction of sp³-hybridized carbons (Fsp3) is 0.870. The van der Waals surface area contributed by atoms with Crippen molar-refractivity contribution in [3.05, 3.63) is 0 Å². The number of piperidine rings is 2. The van der Waals surface area contributed by atoms with Gasteiger partial charge in [0.1, 0.15) is 6.10 Å². The zero-order chi connectivity index (χ0) is 23.1. The average molecular weight is 454 g/mol. The first kappa shape index (κ1) is 24.8. The van der Waals surface area contributed by atoms with E-state index >= 15 is 0 Å². The quantitative estimate of drug-likeness (QED) is 0.386. The van der Waals surface area contributed by atoms with Crippen LogP contribution in [0.2, 0.25) is 0 Å². The summed E-state index contributed by atoms with van der Waals surface area (Å²) in [5, 5.41) is 0. The van der Waals surface area contributed by atoms with Crippen molar-refractivity contribution in [2.75, 3.05) is 59.0 Å². The van der Waals surface area contributed by atoms with Gasteiger partial charge in [0, 0.05) is 25.7 Å². The largest absolute Gasteiger partial charge is 0.466 e. The van der Waals surface area contributed by atoms with Crippen LogP contribution >= 0.6 is 0 Å². The first-order valence-electron chi connectivity index (χ1n) is 12.2. The number of ether oxygens (including phenoxy) is 3. The summed E-state index contributed by atoms with van der Waals surface area (Å²) < 4.78 is 16.1. The Morgan fingerprint density at radius 1 is 1.00 bits per heavy atom. The Balaban J connectivity index is 1.51. The van der Waals surface area contributed by atoms with E-state index in [-0.39, 0.29) is 43.2 Å². The Hall–Kier alpha value is -1.87. The van der Waals surface area contributed by atoms with Crippen LogP contribution in [0, 0.1) is 5.41 Å². The van der Waals surface area contributed by atoms with E-state index in [1.165, 1.54) is 0 Å². The highest BCUT2D eigenvalue weighted by Crippen LogP contribution is 2.37. The minimum Gasteiger partial charge on any atom is -0.466 e. The molecule has 0 bridgehead atoms. The molecule has 3 heterocycles. The number of nitrogens with zero attached hydrogens (tertiary/aromatic N) is 3. The molecule has 3 fully saturated rings. The molecule has 1 atom stereocenters. The lowest BCUT2D eigenvalue weighted by atomic mass is 9.75. The van der Waals surface area contributed by atoms with Gasteiger partial charge in [0.2, 0.25) is 0 Å². The highest BCUT2D eigenvalue weighted by molar-refractivity contribution is 5.83. The number of esters is 2. The van der Waals surface area contributed by atoms with Gasteiger partial charge in [0.25, 0.3) is 0 Å². The Kier molecular flexibility index (Phi) is 8.76. The second-order valence-electron chi connectivity index (χ2n) is 9.11. The number of hydrogen-bond donors (Lipinski definition) is 0. The van der Waals surface area contributed by atoms with E-state index < -0.39 is 5.41 Å². The molecule has 1 unspecified atom stereocenters. The van der Waals surface area contributed by atoms with Crippen molar-refractivity contribution in [2.24, 2.45) is 5.41 Å². The summed E-state index contributed by atoms with van der Waals surface area (Å²) in [5.74, 6) is -0.673. The summed E-state index contributed by atoms with van der Waals surface area (Å²) in [6, 6.07) is 0.262. The summed E-state index contributed by atoms with van der Waals surface area (Å²) in [7, 11) is 0. The second kappa shape index (κ2) is 11.3. The van der Waals surface area contributed by atoms with Gasteiger partial charge in [-0.05, 0) is 59.2 Å². The molecule has 3 aliphatic heterocycles. The molecule has 3 rings (SSSR count). The van der Waals surface area contributed by atoms with Gasteiger partial charge in [-0.2, -0.15) is 0 Å². The number of rotatable bonds is 9. The molecular formula is C23H39N3O6. The lowest BCUT2D eigenvalue weighted by Gasteiger charge is -2.39. The first-order valence-corrected chi connectivity index (χ1v) is 12.2. The maximum atomic E-state index is 12.7. The van der Waals surface area contributed by atoms with Crippen LogP contribution in [0.1, 0.15) is 52.9 Å². The zero-order valence-corrected chi connectivity index (χ0v) is 19.8. The van der Waals surface area contributed by atoms with E-state index in [2.05, 4.69) is 16.7 Å². The third kappa shape index (κ3) is 5.92. The van der Waals surface area contributed by atoms with Gasteiger partial charge in [-0.3, -0.25) is 14.5 Å². The van der Waals surface area contributed by atoms with E-state index in [1.54, 1.807) is 13.8 Å². The lowest BCUT2D eigenvalue weighted by molar-refractivity contribution is -0.165. The third-order valence-corrected chi connectivity index (χ3v) is 7.12. The smallest absolute Gasteiger partial charge is 0.410 e. The second-order valence-corrected chi connectivity index (χ2v) is 9.11. The van der Waals surface area contributed by atoms with Crippen LogP contribution in [0.25, 0.3) is 0 Å². The molecule has 0 aromatic carbocycles. The van der Waals surface area contributed by atoms with Gasteiger partial charge >= 0.3 is 18.0 Å². The van der Waals surface area contributed by atoms with Gasteiger partial charge in [-0.25, -0.2) is 4.79 Å². The van der Waals surface area contributed by atoms with Gasteiger partial charge < -0.3 is 24.0 Å². The number of cyclic esters (lactones) is 1. The highest BCUT2D eigenvalue weighted by Gasteiger charge is 2.46. The molecule has 1 amide bonds. The zero-order valence-electron chi connectivity index (χ0n) is 19.8. The van der Waals surface area contributed by atoms with Gasteiger partial charge in [-0.15, -0.1) is 0 Å². The standard InChI is InChI=1S/C23H39N3O6/c1-4-24-11-7-18(8-12-24)26-17-19(32-22(26)29)16-25-13-9-23(10-14-25,21(28)31-6-3)15-20(27)30-5-2/h18-19H,4-17H2,1-3H3. The number of carbonyl (C=O) groups excluding carboxylic acids is 3. The number of amides is 1. The number of hydrogen-bond acceptors (Lipinski definition) is 8. The Labute approximate surface area is 191 Å². The molecule has 3 aliphatic rings. The molecule has 0 aromatic heterocycles. The summed E-state index contributed by atoms with van der Waals surface area (Å²) in [6.07, 6.45) is 2.74. The van der Waals surface area contributed by atoms with Crippen LogP contribution in [0.15, 0.2) is 0 Å². The van der Waals surface area contributed by atoms with Crippen LogP contribution in [0.3, 0.4) is 0 Å². The molecule has 0 N–H and O–H groups in total. The number of likely N-dealkylation sites (tertiary alicyclic amines) is 2. The minimum absolute atomic E-state index is 0.0517. The van der Waals surface area contributed by atoms with Gasteiger partial charge in [0.15, 0.2) is 0 Å². The molecule has 0 aromatic rings. The van der Waals surface area contributed by atoms with Crippen molar-refractivity contribution in [2.45, 2.75) is 65.0 Å². The molecule has 0 saturated carbocycles. The number of carbonyl (C=O) groups is 3. The van der Waals surface area contributed by atoms with Crippen LogP contribution in [0.5, 0.6) is 0 Å². The van der Waals surface area contributed by atoms with E-state index in [0.717, 1.165) is 32.5 Å². The van der Waals surface area contributed by atoms with E-state index in [4.69, 9.17) is 14.2 Å². The molecular weight excluding hydrogens is 414 g/mol. The molecule has 32 heavy (non-hydrogen) atoms. The van der Waals surface area contributed by atoms with E-state index in [0.29, 0.717) is 45.6 Å². The molecule has 0 radical (unpaired) electrons. The normalized spacial score (nSPS) is 24.9. The average Bonchev–Trinajstić information content (AvgIpc) is 3.15. The molecule has 3 saturated heterocycles. The SMILES string of the molecule is CCOC(=O)CC1(C(=O)OCC)CCN(CC2CN(C3CCN(CC)CC3)C(=O)O2)CC1. The third-order valence-electron chi connectivity index (χ3n) is 7.12. The Bertz CT molecular complexity index is 656. The highest BCUT2D eigenvalue weighted by atomic mass is 16.6. The van der Waals surface area contributed by atoms with Crippen molar-refractivity contribution < 1.29 is 28.6 Å². The fourth-order valence-electron chi connectivity index (χ4n) is 5.16.